The van der Waals surface area contributed by atoms with Crippen LogP contribution in [0, 0.1) is 10.1 Å². The van der Waals surface area contributed by atoms with Crippen LogP contribution in [0.15, 0.2) is 42.6 Å². The summed E-state index contributed by atoms with van der Waals surface area (Å²) in [5.74, 6) is 0.885. The van der Waals surface area contributed by atoms with Crippen LogP contribution in [0.2, 0.25) is 0 Å². The number of nitrogens with one attached hydrogen (secondary N) is 2. The van der Waals surface area contributed by atoms with E-state index in [4.69, 9.17) is 4.74 Å². The maximum absolute atomic E-state index is 12.7. The van der Waals surface area contributed by atoms with Crippen LogP contribution >= 0.6 is 0 Å². The predicted octanol–water partition coefficient (Wildman–Crippen LogP) is 0.505. The second kappa shape index (κ2) is 9.79. The van der Waals surface area contributed by atoms with Gasteiger partial charge in [-0.1, -0.05) is 6.92 Å². The van der Waals surface area contributed by atoms with Gasteiger partial charge < -0.3 is 10.1 Å². The van der Waals surface area contributed by atoms with E-state index in [2.05, 4.69) is 10.3 Å². The molecule has 30 heavy (non-hydrogen) atoms. The minimum absolute atomic E-state index is 0.0211. The summed E-state index contributed by atoms with van der Waals surface area (Å²) < 4.78 is 5.53. The molecule has 3 rings (SSSR count). The van der Waals surface area contributed by atoms with Gasteiger partial charge in [0.1, 0.15) is 18.8 Å². The highest BCUT2D eigenvalue weighted by molar-refractivity contribution is 6.21. The number of imide groups is 1. The van der Waals surface area contributed by atoms with Crippen molar-refractivity contribution in [3.63, 3.8) is 0 Å². The lowest BCUT2D eigenvalue weighted by Crippen LogP contribution is -2.92. The molecule has 1 aliphatic heterocycles. The summed E-state index contributed by atoms with van der Waals surface area (Å²) >= 11 is 0. The number of ether oxygens (including phenoxy) is 1. The lowest BCUT2D eigenvalue weighted by atomic mass is 10.2. The first kappa shape index (κ1) is 21.2. The number of anilines is 2. The van der Waals surface area contributed by atoms with Gasteiger partial charge in [0, 0.05) is 12.1 Å². The van der Waals surface area contributed by atoms with Gasteiger partial charge in [0.15, 0.2) is 12.2 Å². The Morgan fingerprint density at radius 1 is 1.27 bits per heavy atom. The molecule has 158 valence electrons. The van der Waals surface area contributed by atoms with Crippen molar-refractivity contribution in [1.82, 2.24) is 0 Å². The van der Waals surface area contributed by atoms with Crippen molar-refractivity contribution in [2.45, 2.75) is 25.8 Å². The fourth-order valence-electron chi connectivity index (χ4n) is 3.15. The van der Waals surface area contributed by atoms with Crippen molar-refractivity contribution in [3.05, 3.63) is 52.7 Å². The van der Waals surface area contributed by atoms with Crippen molar-refractivity contribution in [1.29, 1.82) is 0 Å². The van der Waals surface area contributed by atoms with Crippen LogP contribution < -0.4 is 25.3 Å². The van der Waals surface area contributed by atoms with Crippen LogP contribution in [-0.2, 0) is 9.59 Å². The van der Waals surface area contributed by atoms with Gasteiger partial charge in [-0.2, -0.15) is 0 Å². The monoisotopic (exact) mass is 415 g/mol. The molecule has 2 aromatic rings. The van der Waals surface area contributed by atoms with E-state index in [0.29, 0.717) is 37.0 Å². The second-order valence-corrected chi connectivity index (χ2v) is 6.89. The van der Waals surface area contributed by atoms with Gasteiger partial charge in [0.05, 0.1) is 23.6 Å². The predicted molar refractivity (Wildman–Crippen MR) is 108 cm³/mol. The van der Waals surface area contributed by atoms with E-state index >= 15 is 0 Å². The normalized spacial score (nSPS) is 16.0. The highest BCUT2D eigenvalue weighted by Gasteiger charge is 2.42. The van der Waals surface area contributed by atoms with Gasteiger partial charge in [-0.25, -0.2) is 9.88 Å². The number of aromatic nitrogens is 1. The lowest BCUT2D eigenvalue weighted by molar-refractivity contribution is -0.672. The number of nitrogens with two attached hydrogens (primary N) is 1. The van der Waals surface area contributed by atoms with E-state index in [-0.39, 0.29) is 23.9 Å². The third-order valence-corrected chi connectivity index (χ3v) is 4.67. The Kier molecular flexibility index (Phi) is 6.91. The maximum Gasteiger partial charge on any atom is 0.308 e. The Morgan fingerprint density at radius 2 is 2.03 bits per heavy atom. The van der Waals surface area contributed by atoms with E-state index in [1.165, 1.54) is 17.2 Å². The second-order valence-electron chi connectivity index (χ2n) is 6.89. The molecule has 0 spiro atoms. The standard InChI is InChI=1S/C20H23N5O5/c1-2-11-30-16-6-3-14(4-7-16)24-19(26)12-17(20(24)27)21-9-10-22-18-8-5-15(13-23-18)25(28)29/h3-8,13,17,21H,2,9-12H2,1H3,(H,22,23)/p+2/t17-/m1/s1. The van der Waals surface area contributed by atoms with E-state index < -0.39 is 11.0 Å². The number of rotatable bonds is 10. The number of nitro groups is 1. The number of hydrogen-bond acceptors (Lipinski definition) is 6. The number of pyridine rings is 1. The van der Waals surface area contributed by atoms with Gasteiger partial charge in [-0.3, -0.25) is 25.0 Å². The third-order valence-electron chi connectivity index (χ3n) is 4.67. The molecule has 2 heterocycles. The zero-order valence-corrected chi connectivity index (χ0v) is 16.7. The molecule has 1 aliphatic rings. The van der Waals surface area contributed by atoms with Crippen molar-refractivity contribution in [2.24, 2.45) is 0 Å². The fourth-order valence-corrected chi connectivity index (χ4v) is 3.15. The summed E-state index contributed by atoms with van der Waals surface area (Å²) in [6.45, 7) is 3.72. The molecule has 2 amide bonds. The first-order valence-corrected chi connectivity index (χ1v) is 9.82. The molecule has 0 bridgehead atoms. The minimum atomic E-state index is -0.478. The molecule has 0 aliphatic carbocycles. The Hall–Kier alpha value is -3.53. The molecular weight excluding hydrogens is 390 g/mol. The summed E-state index contributed by atoms with van der Waals surface area (Å²) in [7, 11) is 0. The van der Waals surface area contributed by atoms with Crippen molar-refractivity contribution in [2.75, 3.05) is 29.9 Å². The number of H-pyrrole nitrogens is 1. The Labute approximate surface area is 173 Å². The molecule has 4 N–H and O–H groups in total. The molecule has 1 fully saturated rings. The fraction of sp³-hybridized carbons (Fsp3) is 0.350. The average molecular weight is 415 g/mol. The SMILES string of the molecule is CCCOc1ccc(N2C(=O)C[C@@H]([NH2+]CCNc3ccc([N+](=O)[O-])c[nH+]3)C2=O)cc1. The van der Waals surface area contributed by atoms with Gasteiger partial charge in [0.25, 0.3) is 11.7 Å². The summed E-state index contributed by atoms with van der Waals surface area (Å²) in [5, 5.41) is 15.6. The number of amides is 2. The summed E-state index contributed by atoms with van der Waals surface area (Å²) in [6.07, 6.45) is 2.36. The first-order valence-electron chi connectivity index (χ1n) is 9.82. The van der Waals surface area contributed by atoms with Crippen molar-refractivity contribution in [3.8, 4) is 5.75 Å². The molecule has 1 saturated heterocycles. The summed E-state index contributed by atoms with van der Waals surface area (Å²) in [5.41, 5.74) is 0.524. The molecule has 1 aromatic carbocycles. The van der Waals surface area contributed by atoms with Gasteiger partial charge in [-0.05, 0) is 30.7 Å². The van der Waals surface area contributed by atoms with E-state index in [0.717, 1.165) is 6.42 Å². The van der Waals surface area contributed by atoms with Crippen molar-refractivity contribution < 1.29 is 29.6 Å². The zero-order valence-electron chi connectivity index (χ0n) is 16.7. The first-order chi connectivity index (χ1) is 14.5. The number of carbonyl (C=O) groups excluding carboxylic acids is 2. The van der Waals surface area contributed by atoms with Crippen LogP contribution in [-0.4, -0.2) is 42.5 Å². The van der Waals surface area contributed by atoms with E-state index in [9.17, 15) is 19.7 Å². The summed E-state index contributed by atoms with van der Waals surface area (Å²) in [6, 6.07) is 9.47. The highest BCUT2D eigenvalue weighted by Crippen LogP contribution is 2.24. The molecular formula is C20H25N5O5+2. The number of nitrogens with zero attached hydrogens (tertiary/aromatic N) is 2. The molecule has 10 heteroatoms. The summed E-state index contributed by atoms with van der Waals surface area (Å²) in [4.78, 5) is 39.3. The molecule has 10 nitrogen and oxygen atoms in total. The number of benzene rings is 1. The topological polar surface area (TPSA) is 133 Å². The highest BCUT2D eigenvalue weighted by atomic mass is 16.6. The van der Waals surface area contributed by atoms with E-state index in [1.54, 1.807) is 30.3 Å². The van der Waals surface area contributed by atoms with Crippen molar-refractivity contribution >= 4 is 29.0 Å². The third kappa shape index (κ3) is 5.09. The number of carbonyl (C=O) groups is 2. The Balaban J connectivity index is 1.49. The molecule has 0 unspecified atom stereocenters. The van der Waals surface area contributed by atoms with Gasteiger partial charge in [0.2, 0.25) is 5.91 Å². The van der Waals surface area contributed by atoms with E-state index in [1.807, 2.05) is 12.2 Å². The smallest absolute Gasteiger partial charge is 0.308 e. The average Bonchev–Trinajstić information content (AvgIpc) is 3.03. The van der Waals surface area contributed by atoms with Gasteiger partial charge in [-0.15, -0.1) is 0 Å². The largest absolute Gasteiger partial charge is 0.494 e. The maximum atomic E-state index is 12.7. The molecule has 1 atom stereocenters. The zero-order chi connectivity index (χ0) is 21.5. The Bertz CT molecular complexity index is 901. The minimum Gasteiger partial charge on any atom is -0.494 e. The van der Waals surface area contributed by atoms with Crippen LogP contribution in [0.3, 0.4) is 0 Å². The number of quaternary nitrogens is 1. The van der Waals surface area contributed by atoms with Crippen LogP contribution in [0.4, 0.5) is 17.2 Å². The lowest BCUT2D eigenvalue weighted by Gasteiger charge is -2.15. The molecule has 0 saturated carbocycles. The Morgan fingerprint density at radius 3 is 2.67 bits per heavy atom. The molecule has 0 radical (unpaired) electrons. The number of hydrogen-bond donors (Lipinski definition) is 2. The molecule has 1 aromatic heterocycles. The number of aromatic amines is 1. The van der Waals surface area contributed by atoms with Gasteiger partial charge >= 0.3 is 5.69 Å². The quantitative estimate of drug-likeness (QED) is 0.251. The van der Waals surface area contributed by atoms with Crippen LogP contribution in [0.5, 0.6) is 5.75 Å². The van der Waals surface area contributed by atoms with Crippen LogP contribution in [0.25, 0.3) is 0 Å². The van der Waals surface area contributed by atoms with Crippen LogP contribution in [0.1, 0.15) is 19.8 Å².